The first-order valence-electron chi connectivity index (χ1n) is 8.16. The number of nitrogens with one attached hydrogen (secondary N) is 1. The lowest BCUT2D eigenvalue weighted by molar-refractivity contribution is 0.482. The van der Waals surface area contributed by atoms with Gasteiger partial charge < -0.3 is 14.8 Å². The van der Waals surface area contributed by atoms with Crippen LogP contribution in [-0.4, -0.2) is 56.9 Å². The molecule has 0 amide bonds. The van der Waals surface area contributed by atoms with Gasteiger partial charge in [0.2, 0.25) is 0 Å². The van der Waals surface area contributed by atoms with Crippen molar-refractivity contribution >= 4 is 5.96 Å². The highest BCUT2D eigenvalue weighted by Gasteiger charge is 2.26. The van der Waals surface area contributed by atoms with Gasteiger partial charge in [-0.1, -0.05) is 0 Å². The summed E-state index contributed by atoms with van der Waals surface area (Å²) in [4.78, 5) is 10.8. The van der Waals surface area contributed by atoms with Crippen LogP contribution in [0.25, 0.3) is 0 Å². The molecular weight excluding hydrogens is 290 g/mol. The van der Waals surface area contributed by atoms with E-state index in [4.69, 9.17) is 0 Å². The normalized spacial score (nSPS) is 18.6. The van der Waals surface area contributed by atoms with Gasteiger partial charge in [0.05, 0.1) is 12.5 Å². The highest BCUT2D eigenvalue weighted by Crippen LogP contribution is 2.26. The van der Waals surface area contributed by atoms with E-state index in [2.05, 4.69) is 36.1 Å². The van der Waals surface area contributed by atoms with Gasteiger partial charge in [-0.25, -0.2) is 4.98 Å². The molecule has 3 heterocycles. The molecule has 3 rings (SSSR count). The van der Waals surface area contributed by atoms with Crippen LogP contribution in [0, 0.1) is 0 Å². The Morgan fingerprint density at radius 1 is 1.48 bits per heavy atom. The fourth-order valence-corrected chi connectivity index (χ4v) is 3.09. The fraction of sp³-hybridized carbons (Fsp3) is 0.562. The summed E-state index contributed by atoms with van der Waals surface area (Å²) in [5.74, 6) is 1.55. The molecule has 0 radical (unpaired) electrons. The Morgan fingerprint density at radius 3 is 3.09 bits per heavy atom. The Balaban J connectivity index is 1.45. The number of aliphatic imine (C=N–C) groups is 1. The molecule has 0 saturated carbocycles. The molecule has 0 aliphatic carbocycles. The van der Waals surface area contributed by atoms with Gasteiger partial charge in [-0.15, -0.1) is 0 Å². The Morgan fingerprint density at radius 2 is 2.39 bits per heavy atom. The molecule has 7 heteroatoms. The van der Waals surface area contributed by atoms with Crippen molar-refractivity contribution in [1.29, 1.82) is 0 Å². The molecule has 124 valence electrons. The SMILES string of the molecule is CN=C(NCCCn1ccnc1)N1CCC(c2cnn(C)c2)C1. The molecule has 1 unspecified atom stereocenters. The Kier molecular flexibility index (Phi) is 4.95. The second-order valence-corrected chi connectivity index (χ2v) is 6.01. The first-order valence-corrected chi connectivity index (χ1v) is 8.16. The molecule has 7 nitrogen and oxygen atoms in total. The molecule has 2 aromatic rings. The van der Waals surface area contributed by atoms with Crippen molar-refractivity contribution in [2.24, 2.45) is 12.0 Å². The van der Waals surface area contributed by atoms with Crippen molar-refractivity contribution in [2.75, 3.05) is 26.7 Å². The molecule has 1 saturated heterocycles. The van der Waals surface area contributed by atoms with Gasteiger partial charge in [0, 0.05) is 64.8 Å². The Bertz CT molecular complexity index is 629. The number of hydrogen-bond donors (Lipinski definition) is 1. The average molecular weight is 315 g/mol. The van der Waals surface area contributed by atoms with Crippen molar-refractivity contribution in [2.45, 2.75) is 25.3 Å². The van der Waals surface area contributed by atoms with Gasteiger partial charge >= 0.3 is 0 Å². The van der Waals surface area contributed by atoms with Crippen molar-refractivity contribution in [3.8, 4) is 0 Å². The van der Waals surface area contributed by atoms with E-state index in [-0.39, 0.29) is 0 Å². The summed E-state index contributed by atoms with van der Waals surface area (Å²) in [5, 5.41) is 7.75. The van der Waals surface area contributed by atoms with E-state index in [1.807, 2.05) is 43.7 Å². The molecule has 1 N–H and O–H groups in total. The number of rotatable bonds is 5. The number of nitrogens with zero attached hydrogens (tertiary/aromatic N) is 6. The molecule has 1 fully saturated rings. The van der Waals surface area contributed by atoms with E-state index in [1.165, 1.54) is 5.56 Å². The number of aromatic nitrogens is 4. The topological polar surface area (TPSA) is 63.3 Å². The Hall–Kier alpha value is -2.31. The maximum absolute atomic E-state index is 4.43. The second-order valence-electron chi connectivity index (χ2n) is 6.01. The fourth-order valence-electron chi connectivity index (χ4n) is 3.09. The smallest absolute Gasteiger partial charge is 0.193 e. The number of guanidine groups is 1. The quantitative estimate of drug-likeness (QED) is 0.509. The highest BCUT2D eigenvalue weighted by molar-refractivity contribution is 5.80. The summed E-state index contributed by atoms with van der Waals surface area (Å²) < 4.78 is 3.97. The molecule has 1 atom stereocenters. The lowest BCUT2D eigenvalue weighted by Crippen LogP contribution is -2.40. The monoisotopic (exact) mass is 315 g/mol. The van der Waals surface area contributed by atoms with Crippen LogP contribution < -0.4 is 5.32 Å². The highest BCUT2D eigenvalue weighted by atomic mass is 15.3. The summed E-state index contributed by atoms with van der Waals surface area (Å²) in [6, 6.07) is 0. The predicted octanol–water partition coefficient (Wildman–Crippen LogP) is 1.07. The standard InChI is InChI=1S/C16H25N7/c1-17-16(19-5-3-7-22-9-6-18-13-22)23-8-4-14(12-23)15-10-20-21(2)11-15/h6,9-11,13-14H,3-5,7-8,12H2,1-2H3,(H,17,19). The van der Waals surface area contributed by atoms with Crippen LogP contribution >= 0.6 is 0 Å². The summed E-state index contributed by atoms with van der Waals surface area (Å²) >= 11 is 0. The molecule has 0 bridgehead atoms. The van der Waals surface area contributed by atoms with Gasteiger partial charge in [0.25, 0.3) is 0 Å². The number of hydrogen-bond acceptors (Lipinski definition) is 3. The lowest BCUT2D eigenvalue weighted by atomic mass is 10.0. The third-order valence-electron chi connectivity index (χ3n) is 4.33. The lowest BCUT2D eigenvalue weighted by Gasteiger charge is -2.21. The molecule has 23 heavy (non-hydrogen) atoms. The third-order valence-corrected chi connectivity index (χ3v) is 4.33. The van der Waals surface area contributed by atoms with Gasteiger partial charge in [-0.2, -0.15) is 5.10 Å². The Labute approximate surface area is 137 Å². The molecule has 1 aliphatic rings. The van der Waals surface area contributed by atoms with Crippen LogP contribution in [0.2, 0.25) is 0 Å². The molecule has 0 aromatic carbocycles. The van der Waals surface area contributed by atoms with E-state index < -0.39 is 0 Å². The predicted molar refractivity (Wildman–Crippen MR) is 90.3 cm³/mol. The first kappa shape index (κ1) is 15.6. The zero-order valence-electron chi connectivity index (χ0n) is 13.9. The first-order chi connectivity index (χ1) is 11.3. The van der Waals surface area contributed by atoms with E-state index in [1.54, 1.807) is 0 Å². The van der Waals surface area contributed by atoms with Gasteiger partial charge in [0.15, 0.2) is 5.96 Å². The van der Waals surface area contributed by atoms with Crippen LogP contribution in [0.1, 0.15) is 24.3 Å². The summed E-state index contributed by atoms with van der Waals surface area (Å²) in [6.07, 6.45) is 12.0. The van der Waals surface area contributed by atoms with Crippen molar-refractivity contribution in [3.05, 3.63) is 36.7 Å². The summed E-state index contributed by atoms with van der Waals surface area (Å²) in [5.41, 5.74) is 1.32. The third kappa shape index (κ3) is 3.91. The average Bonchev–Trinajstić information content (AvgIpc) is 3.28. The zero-order valence-corrected chi connectivity index (χ0v) is 13.9. The van der Waals surface area contributed by atoms with Gasteiger partial charge in [0.1, 0.15) is 0 Å². The minimum absolute atomic E-state index is 0.549. The maximum atomic E-state index is 4.43. The number of likely N-dealkylation sites (tertiary alicyclic amines) is 1. The maximum Gasteiger partial charge on any atom is 0.193 e. The summed E-state index contributed by atoms with van der Waals surface area (Å²) in [7, 11) is 3.83. The minimum atomic E-state index is 0.549. The van der Waals surface area contributed by atoms with Crippen molar-refractivity contribution in [1.82, 2.24) is 29.5 Å². The number of imidazole rings is 1. The van der Waals surface area contributed by atoms with Crippen molar-refractivity contribution in [3.63, 3.8) is 0 Å². The molecule has 1 aliphatic heterocycles. The van der Waals surface area contributed by atoms with E-state index in [0.29, 0.717) is 5.92 Å². The van der Waals surface area contributed by atoms with E-state index in [9.17, 15) is 0 Å². The minimum Gasteiger partial charge on any atom is -0.356 e. The summed E-state index contributed by atoms with van der Waals surface area (Å²) in [6.45, 7) is 3.94. The molecule has 0 spiro atoms. The van der Waals surface area contributed by atoms with Crippen molar-refractivity contribution < 1.29 is 0 Å². The van der Waals surface area contributed by atoms with Crippen LogP contribution in [0.3, 0.4) is 0 Å². The molecule has 2 aromatic heterocycles. The van der Waals surface area contributed by atoms with Gasteiger partial charge in [-0.3, -0.25) is 9.67 Å². The van der Waals surface area contributed by atoms with Crippen LogP contribution in [-0.2, 0) is 13.6 Å². The van der Waals surface area contributed by atoms with Crippen LogP contribution in [0.4, 0.5) is 0 Å². The number of aryl methyl sites for hydroxylation is 2. The van der Waals surface area contributed by atoms with Crippen LogP contribution in [0.15, 0.2) is 36.1 Å². The largest absolute Gasteiger partial charge is 0.356 e. The van der Waals surface area contributed by atoms with Crippen LogP contribution in [0.5, 0.6) is 0 Å². The van der Waals surface area contributed by atoms with E-state index in [0.717, 1.165) is 45.0 Å². The van der Waals surface area contributed by atoms with Gasteiger partial charge in [-0.05, 0) is 18.4 Å². The molecular formula is C16H25N7. The van der Waals surface area contributed by atoms with E-state index >= 15 is 0 Å². The zero-order chi connectivity index (χ0) is 16.1. The second kappa shape index (κ2) is 7.30.